The fourth-order valence-corrected chi connectivity index (χ4v) is 2.37. The third kappa shape index (κ3) is 3.98. The van der Waals surface area contributed by atoms with Crippen LogP contribution in [0, 0.1) is 20.8 Å². The van der Waals surface area contributed by atoms with Crippen LogP contribution in [0.25, 0.3) is 0 Å². The SMILES string of the molecule is Cc1cc(C(=O)Nc2ccc(N=Nc3ccccc3C)cc2C)[nH]n1. The van der Waals surface area contributed by atoms with E-state index in [0.717, 1.165) is 33.9 Å². The van der Waals surface area contributed by atoms with Gasteiger partial charge in [0.25, 0.3) is 5.91 Å². The lowest BCUT2D eigenvalue weighted by atomic mass is 10.1. The van der Waals surface area contributed by atoms with Crippen molar-refractivity contribution in [3.05, 3.63) is 71.0 Å². The maximum Gasteiger partial charge on any atom is 0.273 e. The second-order valence-electron chi connectivity index (χ2n) is 5.86. The highest BCUT2D eigenvalue weighted by Crippen LogP contribution is 2.25. The second kappa shape index (κ2) is 7.09. The Hall–Kier alpha value is -3.28. The van der Waals surface area contributed by atoms with Crippen molar-refractivity contribution in [3.63, 3.8) is 0 Å². The maximum absolute atomic E-state index is 12.2. The van der Waals surface area contributed by atoms with Gasteiger partial charge in [-0.3, -0.25) is 9.89 Å². The topological polar surface area (TPSA) is 82.5 Å². The van der Waals surface area contributed by atoms with Crippen molar-refractivity contribution in [2.24, 2.45) is 10.2 Å². The number of H-pyrrole nitrogens is 1. The number of benzene rings is 2. The first kappa shape index (κ1) is 16.6. The smallest absolute Gasteiger partial charge is 0.273 e. The number of aromatic nitrogens is 2. The number of hydrogen-bond donors (Lipinski definition) is 2. The van der Waals surface area contributed by atoms with Gasteiger partial charge >= 0.3 is 0 Å². The van der Waals surface area contributed by atoms with Gasteiger partial charge in [-0.15, -0.1) is 0 Å². The zero-order valence-corrected chi connectivity index (χ0v) is 14.4. The molecule has 1 aromatic heterocycles. The Morgan fingerprint density at radius 2 is 1.80 bits per heavy atom. The number of carbonyl (C=O) groups is 1. The number of carbonyl (C=O) groups excluding carboxylic acids is 1. The van der Waals surface area contributed by atoms with Gasteiger partial charge in [0.1, 0.15) is 5.69 Å². The summed E-state index contributed by atoms with van der Waals surface area (Å²) in [5.41, 5.74) is 5.48. The molecule has 3 aromatic rings. The average Bonchev–Trinajstić information content (AvgIpc) is 3.03. The summed E-state index contributed by atoms with van der Waals surface area (Å²) in [6.45, 7) is 5.74. The first-order valence-electron chi connectivity index (χ1n) is 7.94. The van der Waals surface area contributed by atoms with Gasteiger partial charge in [0.2, 0.25) is 0 Å². The third-order valence-electron chi connectivity index (χ3n) is 3.80. The molecule has 0 bridgehead atoms. The molecule has 0 unspecified atom stereocenters. The minimum absolute atomic E-state index is 0.224. The van der Waals surface area contributed by atoms with E-state index in [4.69, 9.17) is 0 Å². The minimum Gasteiger partial charge on any atom is -0.320 e. The van der Waals surface area contributed by atoms with Gasteiger partial charge in [0, 0.05) is 5.69 Å². The highest BCUT2D eigenvalue weighted by Gasteiger charge is 2.10. The maximum atomic E-state index is 12.2. The van der Waals surface area contributed by atoms with Crippen LogP contribution in [0.3, 0.4) is 0 Å². The lowest BCUT2D eigenvalue weighted by Crippen LogP contribution is -2.13. The summed E-state index contributed by atoms with van der Waals surface area (Å²) in [7, 11) is 0. The molecule has 0 aliphatic heterocycles. The molecule has 25 heavy (non-hydrogen) atoms. The lowest BCUT2D eigenvalue weighted by Gasteiger charge is -2.07. The average molecular weight is 333 g/mol. The standard InChI is InChI=1S/C19H19N5O/c1-12-6-4-5-7-17(12)23-22-15-8-9-16(13(2)10-15)20-19(25)18-11-14(3)21-24-18/h4-11H,1-3H3,(H,20,25)(H,21,24). The van der Waals surface area contributed by atoms with Crippen LogP contribution >= 0.6 is 0 Å². The van der Waals surface area contributed by atoms with Crippen molar-refractivity contribution >= 4 is 23.0 Å². The van der Waals surface area contributed by atoms with Gasteiger partial charge in [-0.1, -0.05) is 18.2 Å². The molecule has 2 aromatic carbocycles. The molecule has 1 amide bonds. The van der Waals surface area contributed by atoms with Crippen LogP contribution in [0.2, 0.25) is 0 Å². The number of nitrogens with zero attached hydrogens (tertiary/aromatic N) is 3. The summed E-state index contributed by atoms with van der Waals surface area (Å²) in [6.07, 6.45) is 0. The monoisotopic (exact) mass is 333 g/mol. The van der Waals surface area contributed by atoms with Crippen LogP contribution in [0.1, 0.15) is 27.3 Å². The Kier molecular flexibility index (Phi) is 4.70. The molecule has 0 spiro atoms. The molecule has 1 heterocycles. The molecule has 2 N–H and O–H groups in total. The van der Waals surface area contributed by atoms with Gasteiger partial charge in [-0.2, -0.15) is 15.3 Å². The molecule has 0 atom stereocenters. The summed E-state index contributed by atoms with van der Waals surface area (Å²) in [5, 5.41) is 18.1. The summed E-state index contributed by atoms with van der Waals surface area (Å²) in [4.78, 5) is 12.2. The molecule has 0 radical (unpaired) electrons. The van der Waals surface area contributed by atoms with Gasteiger partial charge in [-0.05, 0) is 62.2 Å². The van der Waals surface area contributed by atoms with E-state index in [9.17, 15) is 4.79 Å². The van der Waals surface area contributed by atoms with Gasteiger partial charge in [0.15, 0.2) is 0 Å². The van der Waals surface area contributed by atoms with Crippen molar-refractivity contribution < 1.29 is 4.79 Å². The van der Waals surface area contributed by atoms with E-state index < -0.39 is 0 Å². The van der Waals surface area contributed by atoms with Crippen LogP contribution in [0.5, 0.6) is 0 Å². The number of nitrogens with one attached hydrogen (secondary N) is 2. The van der Waals surface area contributed by atoms with E-state index in [1.165, 1.54) is 0 Å². The molecule has 0 fully saturated rings. The van der Waals surface area contributed by atoms with E-state index in [2.05, 4.69) is 25.7 Å². The van der Waals surface area contributed by atoms with E-state index in [1.54, 1.807) is 6.07 Å². The van der Waals surface area contributed by atoms with Crippen molar-refractivity contribution in [2.45, 2.75) is 20.8 Å². The fraction of sp³-hybridized carbons (Fsp3) is 0.158. The lowest BCUT2D eigenvalue weighted by molar-refractivity contribution is 0.102. The van der Waals surface area contributed by atoms with Gasteiger partial charge < -0.3 is 5.32 Å². The molecule has 126 valence electrons. The second-order valence-corrected chi connectivity index (χ2v) is 5.86. The number of azo groups is 1. The number of aromatic amines is 1. The quantitative estimate of drug-likeness (QED) is 0.658. The summed E-state index contributed by atoms with van der Waals surface area (Å²) < 4.78 is 0. The van der Waals surface area contributed by atoms with Crippen molar-refractivity contribution in [1.29, 1.82) is 0 Å². The summed E-state index contributed by atoms with van der Waals surface area (Å²) in [6, 6.07) is 15.1. The minimum atomic E-state index is -0.224. The van der Waals surface area contributed by atoms with Crippen LogP contribution in [0.15, 0.2) is 58.8 Å². The molecular weight excluding hydrogens is 314 g/mol. The Morgan fingerprint density at radius 1 is 1.00 bits per heavy atom. The third-order valence-corrected chi connectivity index (χ3v) is 3.80. The molecule has 0 aliphatic carbocycles. The largest absolute Gasteiger partial charge is 0.320 e. The predicted molar refractivity (Wildman–Crippen MR) is 97.8 cm³/mol. The number of anilines is 1. The van der Waals surface area contributed by atoms with Crippen LogP contribution in [-0.2, 0) is 0 Å². The number of amides is 1. The molecule has 0 saturated carbocycles. The summed E-state index contributed by atoms with van der Waals surface area (Å²) >= 11 is 0. The molecule has 3 rings (SSSR count). The molecular formula is C19H19N5O. The normalized spacial score (nSPS) is 11.0. The van der Waals surface area contributed by atoms with E-state index in [1.807, 2.05) is 63.2 Å². The van der Waals surface area contributed by atoms with Crippen LogP contribution < -0.4 is 5.32 Å². The zero-order valence-electron chi connectivity index (χ0n) is 14.4. The molecule has 0 saturated heterocycles. The van der Waals surface area contributed by atoms with Crippen molar-refractivity contribution in [1.82, 2.24) is 10.2 Å². The first-order chi connectivity index (χ1) is 12.0. The van der Waals surface area contributed by atoms with E-state index in [-0.39, 0.29) is 5.91 Å². The van der Waals surface area contributed by atoms with Crippen molar-refractivity contribution in [2.75, 3.05) is 5.32 Å². The van der Waals surface area contributed by atoms with E-state index in [0.29, 0.717) is 5.69 Å². The van der Waals surface area contributed by atoms with Gasteiger partial charge in [0.05, 0.1) is 17.1 Å². The molecule has 6 nitrogen and oxygen atoms in total. The Morgan fingerprint density at radius 3 is 2.48 bits per heavy atom. The molecule has 0 aliphatic rings. The fourth-order valence-electron chi connectivity index (χ4n) is 2.37. The summed E-state index contributed by atoms with van der Waals surface area (Å²) in [5.74, 6) is -0.224. The predicted octanol–water partition coefficient (Wildman–Crippen LogP) is 5.00. The highest BCUT2D eigenvalue weighted by molar-refractivity contribution is 6.03. The number of hydrogen-bond acceptors (Lipinski definition) is 4. The van der Waals surface area contributed by atoms with Gasteiger partial charge in [-0.25, -0.2) is 0 Å². The Balaban J connectivity index is 1.75. The van der Waals surface area contributed by atoms with Crippen molar-refractivity contribution in [3.8, 4) is 0 Å². The Bertz CT molecular complexity index is 942. The number of rotatable bonds is 4. The number of aryl methyl sites for hydroxylation is 3. The zero-order chi connectivity index (χ0) is 17.8. The van der Waals surface area contributed by atoms with Crippen LogP contribution in [-0.4, -0.2) is 16.1 Å². The highest BCUT2D eigenvalue weighted by atomic mass is 16.1. The first-order valence-corrected chi connectivity index (χ1v) is 7.94. The van der Waals surface area contributed by atoms with Crippen LogP contribution in [0.4, 0.5) is 17.1 Å². The Labute approximate surface area is 146 Å². The molecule has 6 heteroatoms. The van der Waals surface area contributed by atoms with E-state index >= 15 is 0 Å².